The van der Waals surface area contributed by atoms with Gasteiger partial charge in [-0.2, -0.15) is 0 Å². The number of benzene rings is 3. The number of carbonyl (C=O) groups is 4. The number of amides is 2. The van der Waals surface area contributed by atoms with Crippen LogP contribution < -0.4 is 19.7 Å². The summed E-state index contributed by atoms with van der Waals surface area (Å²) in [6.45, 7) is 1.39. The number of non-ortho nitro benzene ring substituents is 1. The molecule has 3 aromatic rings. The third kappa shape index (κ3) is 4.93. The third-order valence-electron chi connectivity index (χ3n) is 8.01. The molecule has 5 rings (SSSR count). The normalized spacial score (nSPS) is 22.8. The lowest BCUT2D eigenvalue weighted by molar-refractivity contribution is -0.384. The van der Waals surface area contributed by atoms with Gasteiger partial charge in [-0.05, 0) is 70.4 Å². The van der Waals surface area contributed by atoms with Crippen molar-refractivity contribution in [1.29, 1.82) is 0 Å². The molecule has 2 aliphatic rings. The van der Waals surface area contributed by atoms with Gasteiger partial charge in [-0.1, -0.05) is 12.1 Å². The fourth-order valence-corrected chi connectivity index (χ4v) is 6.62. The summed E-state index contributed by atoms with van der Waals surface area (Å²) in [5.74, 6) is -4.67. The Kier molecular flexibility index (Phi) is 7.80. The third-order valence-corrected chi connectivity index (χ3v) is 8.60. The minimum absolute atomic E-state index is 0.175. The molecule has 4 unspecified atom stereocenters. The number of nitro benzene ring substituents is 1. The van der Waals surface area contributed by atoms with E-state index in [1.165, 1.54) is 69.7 Å². The van der Waals surface area contributed by atoms with Crippen LogP contribution in [0.4, 0.5) is 11.4 Å². The Morgan fingerprint density at radius 2 is 1.70 bits per heavy atom. The van der Waals surface area contributed by atoms with Crippen molar-refractivity contribution in [2.24, 2.45) is 11.8 Å². The quantitative estimate of drug-likeness (QED) is 0.149. The van der Waals surface area contributed by atoms with Crippen LogP contribution in [-0.2, 0) is 20.8 Å². The first kappa shape index (κ1) is 29.9. The molecule has 0 radical (unpaired) electrons. The van der Waals surface area contributed by atoms with Crippen LogP contribution in [0.2, 0.25) is 0 Å². The van der Waals surface area contributed by atoms with Crippen molar-refractivity contribution in [2.75, 3.05) is 19.1 Å². The van der Waals surface area contributed by atoms with E-state index in [0.717, 1.165) is 4.90 Å². The highest BCUT2D eigenvalue weighted by atomic mass is 79.9. The van der Waals surface area contributed by atoms with E-state index in [1.807, 2.05) is 0 Å². The van der Waals surface area contributed by atoms with Crippen molar-refractivity contribution in [1.82, 2.24) is 5.32 Å². The maximum atomic E-state index is 14.1. The molecule has 2 saturated heterocycles. The Morgan fingerprint density at radius 3 is 2.23 bits per heavy atom. The molecule has 2 fully saturated rings. The number of carboxylic acid groups (broad SMARTS) is 1. The average molecular weight is 652 g/mol. The number of hydrogen-bond donors (Lipinski definition) is 2. The van der Waals surface area contributed by atoms with Crippen LogP contribution in [0.5, 0.6) is 11.5 Å². The number of ketones is 1. The largest absolute Gasteiger partial charge is 0.493 e. The monoisotopic (exact) mass is 651 g/mol. The average Bonchev–Trinajstić information content (AvgIpc) is 3.46. The van der Waals surface area contributed by atoms with Gasteiger partial charge >= 0.3 is 5.97 Å². The topological polar surface area (TPSA) is 165 Å². The SMILES string of the molecule is COc1cc(C2NC(Cc3ccc([N+](=O)[O-])cc3)(C(=O)O)C3C(=O)N(c4ccc(C(C)=O)cc4)C(=O)C23)cc(Br)c1OC. The number of anilines is 1. The molecule has 2 aliphatic heterocycles. The number of nitrogens with zero attached hydrogens (tertiary/aromatic N) is 2. The molecule has 3 aromatic carbocycles. The van der Waals surface area contributed by atoms with Gasteiger partial charge in [-0.3, -0.25) is 34.6 Å². The standard InChI is InChI=1S/C30H26BrN3O9/c1-15(35)17-6-10-19(11-7-17)33-27(36)23-24(28(33)37)30(29(38)39,14-16-4-8-20(9-5-16)34(40)41)32-25(23)18-12-21(31)26(43-3)22(13-18)42-2/h4-13,23-25,32H,14H2,1-3H3,(H,38,39). The number of nitro groups is 1. The molecule has 0 bridgehead atoms. The molecule has 222 valence electrons. The maximum absolute atomic E-state index is 14.1. The zero-order valence-corrected chi connectivity index (χ0v) is 24.8. The van der Waals surface area contributed by atoms with Gasteiger partial charge in [-0.15, -0.1) is 0 Å². The molecule has 2 N–H and O–H groups in total. The van der Waals surface area contributed by atoms with E-state index in [-0.39, 0.29) is 23.6 Å². The smallest absolute Gasteiger partial charge is 0.325 e. The van der Waals surface area contributed by atoms with E-state index < -0.39 is 46.1 Å². The molecule has 12 nitrogen and oxygen atoms in total. The summed E-state index contributed by atoms with van der Waals surface area (Å²) in [7, 11) is 2.89. The Labute approximate surface area is 253 Å². The van der Waals surface area contributed by atoms with Crippen molar-refractivity contribution in [3.63, 3.8) is 0 Å². The Bertz CT molecular complexity index is 1660. The second-order valence-electron chi connectivity index (χ2n) is 10.4. The number of hydrogen-bond acceptors (Lipinski definition) is 9. The van der Waals surface area contributed by atoms with Crippen LogP contribution in [0.3, 0.4) is 0 Å². The highest BCUT2D eigenvalue weighted by molar-refractivity contribution is 9.10. The second kappa shape index (κ2) is 11.2. The summed E-state index contributed by atoms with van der Waals surface area (Å²) in [6.07, 6.45) is -0.247. The molecule has 0 aliphatic carbocycles. The Hall–Kier alpha value is -4.62. The van der Waals surface area contributed by atoms with E-state index >= 15 is 0 Å². The van der Waals surface area contributed by atoms with E-state index in [1.54, 1.807) is 12.1 Å². The molecular formula is C30H26BrN3O9. The number of aliphatic carboxylic acids is 1. The number of fused-ring (bicyclic) bond motifs is 1. The number of methoxy groups -OCH3 is 2. The first-order valence-corrected chi connectivity index (χ1v) is 13.9. The number of ether oxygens (including phenoxy) is 2. The molecule has 4 atom stereocenters. The number of carboxylic acids is 1. The second-order valence-corrected chi connectivity index (χ2v) is 11.2. The van der Waals surface area contributed by atoms with Gasteiger partial charge < -0.3 is 14.6 Å². The number of halogens is 1. The number of rotatable bonds is 9. The van der Waals surface area contributed by atoms with Crippen LogP contribution in [0.25, 0.3) is 0 Å². The van der Waals surface area contributed by atoms with E-state index in [9.17, 15) is 34.4 Å². The highest BCUT2D eigenvalue weighted by Gasteiger charge is 2.68. The van der Waals surface area contributed by atoms with Crippen LogP contribution in [-0.4, -0.2) is 53.4 Å². The van der Waals surface area contributed by atoms with Crippen molar-refractivity contribution in [3.05, 3.63) is 91.9 Å². The number of nitrogens with one attached hydrogen (secondary N) is 1. The fourth-order valence-electron chi connectivity index (χ4n) is 6.00. The zero-order chi connectivity index (χ0) is 31.2. The van der Waals surface area contributed by atoms with Gasteiger partial charge in [0.25, 0.3) is 5.69 Å². The summed E-state index contributed by atoms with van der Waals surface area (Å²) in [6, 6.07) is 13.6. The van der Waals surface area contributed by atoms with Crippen LogP contribution in [0.15, 0.2) is 65.1 Å². The lowest BCUT2D eigenvalue weighted by Crippen LogP contribution is -2.57. The summed E-state index contributed by atoms with van der Waals surface area (Å²) in [4.78, 5) is 64.8. The van der Waals surface area contributed by atoms with Gasteiger partial charge in [-0.25, -0.2) is 4.90 Å². The Morgan fingerprint density at radius 1 is 1.05 bits per heavy atom. The molecule has 2 heterocycles. The molecular weight excluding hydrogens is 626 g/mol. The number of carbonyl (C=O) groups excluding carboxylic acids is 3. The lowest BCUT2D eigenvalue weighted by Gasteiger charge is -2.31. The number of imide groups is 1. The van der Waals surface area contributed by atoms with Crippen molar-refractivity contribution < 1.29 is 38.7 Å². The van der Waals surface area contributed by atoms with Gasteiger partial charge in [0, 0.05) is 30.2 Å². The van der Waals surface area contributed by atoms with Gasteiger partial charge in [0.1, 0.15) is 5.54 Å². The minimum atomic E-state index is -1.97. The van der Waals surface area contributed by atoms with Crippen molar-refractivity contribution >= 4 is 50.9 Å². The first-order valence-electron chi connectivity index (χ1n) is 13.1. The summed E-state index contributed by atoms with van der Waals surface area (Å²) < 4.78 is 11.4. The maximum Gasteiger partial charge on any atom is 0.325 e. The predicted molar refractivity (Wildman–Crippen MR) is 156 cm³/mol. The summed E-state index contributed by atoms with van der Waals surface area (Å²) >= 11 is 3.45. The molecule has 43 heavy (non-hydrogen) atoms. The van der Waals surface area contributed by atoms with Crippen molar-refractivity contribution in [3.8, 4) is 11.5 Å². The predicted octanol–water partition coefficient (Wildman–Crippen LogP) is 4.09. The molecule has 2 amide bonds. The van der Waals surface area contributed by atoms with E-state index in [2.05, 4.69) is 21.2 Å². The van der Waals surface area contributed by atoms with Gasteiger partial charge in [0.15, 0.2) is 17.3 Å². The van der Waals surface area contributed by atoms with E-state index in [4.69, 9.17) is 9.47 Å². The summed E-state index contributed by atoms with van der Waals surface area (Å²) in [5, 5.41) is 25.0. The van der Waals surface area contributed by atoms with E-state index in [0.29, 0.717) is 32.7 Å². The fraction of sp³-hybridized carbons (Fsp3) is 0.267. The van der Waals surface area contributed by atoms with Gasteiger partial charge in [0.05, 0.1) is 41.1 Å². The molecule has 0 aromatic heterocycles. The van der Waals surface area contributed by atoms with Gasteiger partial charge in [0.2, 0.25) is 11.8 Å². The van der Waals surface area contributed by atoms with Crippen LogP contribution >= 0.6 is 15.9 Å². The highest BCUT2D eigenvalue weighted by Crippen LogP contribution is 2.52. The van der Waals surface area contributed by atoms with Crippen molar-refractivity contribution in [2.45, 2.75) is 24.9 Å². The molecule has 13 heteroatoms. The van der Waals surface area contributed by atoms with Crippen LogP contribution in [0, 0.1) is 22.0 Å². The number of Topliss-reactive ketones (excluding diaryl/α,β-unsaturated/α-hetero) is 1. The molecule has 0 saturated carbocycles. The minimum Gasteiger partial charge on any atom is -0.493 e. The summed E-state index contributed by atoms with van der Waals surface area (Å²) in [5.41, 5.74) is -0.664. The first-order chi connectivity index (χ1) is 20.4. The lowest BCUT2D eigenvalue weighted by atomic mass is 9.76. The Balaban J connectivity index is 1.66. The van der Waals surface area contributed by atoms with Crippen LogP contribution in [0.1, 0.15) is 34.5 Å². The zero-order valence-electron chi connectivity index (χ0n) is 23.2. The molecule has 0 spiro atoms.